The van der Waals surface area contributed by atoms with Crippen molar-refractivity contribution in [3.63, 3.8) is 0 Å². The zero-order chi connectivity index (χ0) is 15.2. The number of halogens is 1. The summed E-state index contributed by atoms with van der Waals surface area (Å²) in [7, 11) is 1.63. The number of ether oxygens (including phenoxy) is 1. The van der Waals surface area contributed by atoms with Gasteiger partial charge in [-0.1, -0.05) is 54.4 Å². The van der Waals surface area contributed by atoms with E-state index in [0.29, 0.717) is 10.8 Å². The Kier molecular flexibility index (Phi) is 5.66. The Bertz CT molecular complexity index is 580. The number of hydrogen-bond donors (Lipinski definition) is 1. The van der Waals surface area contributed by atoms with Crippen molar-refractivity contribution >= 4 is 11.6 Å². The molecule has 0 amide bonds. The standard InChI is InChI=1S/C18H22ClNO/c1-4-20-17(11-14-7-5-13(2)6-8-14)15-9-10-18(21-3)16(19)12-15/h5-10,12,17,20H,4,11H2,1-3H3. The van der Waals surface area contributed by atoms with Gasteiger partial charge < -0.3 is 10.1 Å². The summed E-state index contributed by atoms with van der Waals surface area (Å²) in [5, 5.41) is 4.18. The zero-order valence-electron chi connectivity index (χ0n) is 12.8. The SMILES string of the molecule is CCNC(Cc1ccc(C)cc1)c1ccc(OC)c(Cl)c1. The summed E-state index contributed by atoms with van der Waals surface area (Å²) in [5.41, 5.74) is 3.79. The van der Waals surface area contributed by atoms with Crippen LogP contribution in [0.4, 0.5) is 0 Å². The van der Waals surface area contributed by atoms with Crippen LogP contribution in [0.5, 0.6) is 5.75 Å². The van der Waals surface area contributed by atoms with E-state index in [0.717, 1.165) is 13.0 Å². The fraction of sp³-hybridized carbons (Fsp3) is 0.333. The molecule has 0 aromatic heterocycles. The van der Waals surface area contributed by atoms with Crippen molar-refractivity contribution in [2.45, 2.75) is 26.3 Å². The second-order valence-corrected chi connectivity index (χ2v) is 5.60. The van der Waals surface area contributed by atoms with Gasteiger partial charge in [0.1, 0.15) is 5.75 Å². The predicted octanol–water partition coefficient (Wildman–Crippen LogP) is 4.55. The first-order valence-corrected chi connectivity index (χ1v) is 7.64. The number of aryl methyl sites for hydroxylation is 1. The molecule has 0 heterocycles. The molecule has 21 heavy (non-hydrogen) atoms. The predicted molar refractivity (Wildman–Crippen MR) is 89.3 cm³/mol. The maximum absolute atomic E-state index is 6.24. The number of benzene rings is 2. The summed E-state index contributed by atoms with van der Waals surface area (Å²) >= 11 is 6.24. The second-order valence-electron chi connectivity index (χ2n) is 5.19. The first-order chi connectivity index (χ1) is 10.1. The summed E-state index contributed by atoms with van der Waals surface area (Å²) in [5.74, 6) is 0.714. The van der Waals surface area contributed by atoms with Gasteiger partial charge in [0.15, 0.2) is 0 Å². The molecule has 0 radical (unpaired) electrons. The molecule has 2 rings (SSSR count). The van der Waals surface area contributed by atoms with Gasteiger partial charge in [0, 0.05) is 6.04 Å². The molecule has 0 saturated heterocycles. The highest BCUT2D eigenvalue weighted by molar-refractivity contribution is 6.32. The molecule has 0 fully saturated rings. The third kappa shape index (κ3) is 4.23. The highest BCUT2D eigenvalue weighted by atomic mass is 35.5. The summed E-state index contributed by atoms with van der Waals surface area (Å²) in [6, 6.07) is 14.9. The van der Waals surface area contributed by atoms with Crippen LogP contribution >= 0.6 is 11.6 Å². The quantitative estimate of drug-likeness (QED) is 0.845. The van der Waals surface area contributed by atoms with E-state index >= 15 is 0 Å². The van der Waals surface area contributed by atoms with Crippen molar-refractivity contribution in [1.29, 1.82) is 0 Å². The van der Waals surface area contributed by atoms with Gasteiger partial charge in [0.25, 0.3) is 0 Å². The Morgan fingerprint density at radius 3 is 2.43 bits per heavy atom. The van der Waals surface area contributed by atoms with Crippen molar-refractivity contribution < 1.29 is 4.74 Å². The van der Waals surface area contributed by atoms with Gasteiger partial charge in [0.2, 0.25) is 0 Å². The van der Waals surface area contributed by atoms with Gasteiger partial charge in [-0.25, -0.2) is 0 Å². The van der Waals surface area contributed by atoms with Crippen LogP contribution in [-0.4, -0.2) is 13.7 Å². The first kappa shape index (κ1) is 15.9. The fourth-order valence-electron chi connectivity index (χ4n) is 2.41. The Labute approximate surface area is 132 Å². The number of nitrogens with one attached hydrogen (secondary N) is 1. The van der Waals surface area contributed by atoms with Crippen molar-refractivity contribution in [1.82, 2.24) is 5.32 Å². The molecule has 0 aliphatic carbocycles. The summed E-state index contributed by atoms with van der Waals surface area (Å²) < 4.78 is 5.22. The van der Waals surface area contributed by atoms with Crippen molar-refractivity contribution in [2.24, 2.45) is 0 Å². The van der Waals surface area contributed by atoms with E-state index in [2.05, 4.69) is 49.5 Å². The molecule has 2 aromatic carbocycles. The van der Waals surface area contributed by atoms with E-state index in [1.807, 2.05) is 12.1 Å². The van der Waals surface area contributed by atoms with Crippen molar-refractivity contribution in [3.05, 3.63) is 64.2 Å². The van der Waals surface area contributed by atoms with Crippen LogP contribution in [0.1, 0.15) is 29.7 Å². The highest BCUT2D eigenvalue weighted by Gasteiger charge is 2.13. The highest BCUT2D eigenvalue weighted by Crippen LogP contribution is 2.29. The summed E-state index contributed by atoms with van der Waals surface area (Å²) in [6.07, 6.45) is 0.941. The molecule has 2 aromatic rings. The van der Waals surface area contributed by atoms with E-state index in [-0.39, 0.29) is 6.04 Å². The third-order valence-corrected chi connectivity index (χ3v) is 3.88. The van der Waals surface area contributed by atoms with Crippen LogP contribution in [0.25, 0.3) is 0 Å². The topological polar surface area (TPSA) is 21.3 Å². The Hall–Kier alpha value is -1.51. The minimum Gasteiger partial charge on any atom is -0.495 e. The van der Waals surface area contributed by atoms with Gasteiger partial charge >= 0.3 is 0 Å². The summed E-state index contributed by atoms with van der Waals surface area (Å²) in [4.78, 5) is 0. The number of hydrogen-bond acceptors (Lipinski definition) is 2. The molecule has 1 unspecified atom stereocenters. The fourth-order valence-corrected chi connectivity index (χ4v) is 2.68. The monoisotopic (exact) mass is 303 g/mol. The molecule has 0 aliphatic rings. The Morgan fingerprint density at radius 1 is 1.14 bits per heavy atom. The van der Waals surface area contributed by atoms with Crippen LogP contribution in [0.2, 0.25) is 5.02 Å². The molecule has 0 saturated carbocycles. The molecule has 2 nitrogen and oxygen atoms in total. The molecular weight excluding hydrogens is 282 g/mol. The second kappa shape index (κ2) is 7.48. The van der Waals surface area contributed by atoms with Crippen LogP contribution < -0.4 is 10.1 Å². The van der Waals surface area contributed by atoms with E-state index in [4.69, 9.17) is 16.3 Å². The van der Waals surface area contributed by atoms with E-state index in [9.17, 15) is 0 Å². The lowest BCUT2D eigenvalue weighted by Crippen LogP contribution is -2.23. The summed E-state index contributed by atoms with van der Waals surface area (Å²) in [6.45, 7) is 5.14. The van der Waals surface area contributed by atoms with Crippen molar-refractivity contribution in [2.75, 3.05) is 13.7 Å². The molecule has 0 aliphatic heterocycles. The minimum absolute atomic E-state index is 0.251. The van der Waals surface area contributed by atoms with E-state index in [1.54, 1.807) is 7.11 Å². The molecule has 1 atom stereocenters. The average Bonchev–Trinajstić information content (AvgIpc) is 2.49. The van der Waals surface area contributed by atoms with E-state index < -0.39 is 0 Å². The number of rotatable bonds is 6. The van der Waals surface area contributed by atoms with Crippen LogP contribution in [0.3, 0.4) is 0 Å². The maximum atomic E-state index is 6.24. The Morgan fingerprint density at radius 2 is 1.86 bits per heavy atom. The zero-order valence-corrected chi connectivity index (χ0v) is 13.6. The normalized spacial score (nSPS) is 12.2. The average molecular weight is 304 g/mol. The van der Waals surface area contributed by atoms with Crippen LogP contribution in [-0.2, 0) is 6.42 Å². The van der Waals surface area contributed by atoms with Gasteiger partial charge in [-0.15, -0.1) is 0 Å². The van der Waals surface area contributed by atoms with Gasteiger partial charge in [-0.3, -0.25) is 0 Å². The van der Waals surface area contributed by atoms with Crippen LogP contribution in [0, 0.1) is 6.92 Å². The molecule has 112 valence electrons. The first-order valence-electron chi connectivity index (χ1n) is 7.26. The third-order valence-electron chi connectivity index (χ3n) is 3.59. The lowest BCUT2D eigenvalue weighted by Gasteiger charge is -2.19. The number of likely N-dealkylation sites (N-methyl/N-ethyl adjacent to an activating group) is 1. The molecule has 1 N–H and O–H groups in total. The smallest absolute Gasteiger partial charge is 0.137 e. The lowest BCUT2D eigenvalue weighted by atomic mass is 9.98. The maximum Gasteiger partial charge on any atom is 0.137 e. The van der Waals surface area contributed by atoms with E-state index in [1.165, 1.54) is 16.7 Å². The minimum atomic E-state index is 0.251. The lowest BCUT2D eigenvalue weighted by molar-refractivity contribution is 0.414. The van der Waals surface area contributed by atoms with Gasteiger partial charge in [-0.05, 0) is 43.1 Å². The molecule has 0 spiro atoms. The Balaban J connectivity index is 2.21. The van der Waals surface area contributed by atoms with Crippen LogP contribution in [0.15, 0.2) is 42.5 Å². The molecule has 3 heteroatoms. The van der Waals surface area contributed by atoms with Gasteiger partial charge in [-0.2, -0.15) is 0 Å². The largest absolute Gasteiger partial charge is 0.495 e. The molecule has 0 bridgehead atoms. The molecular formula is C18H22ClNO. The number of methoxy groups -OCH3 is 1. The van der Waals surface area contributed by atoms with Crippen molar-refractivity contribution in [3.8, 4) is 5.75 Å². The van der Waals surface area contributed by atoms with Gasteiger partial charge in [0.05, 0.1) is 12.1 Å².